The van der Waals surface area contributed by atoms with Crippen LogP contribution in [0.2, 0.25) is 5.02 Å². The van der Waals surface area contributed by atoms with Crippen molar-refractivity contribution in [3.05, 3.63) is 41.0 Å². The number of para-hydroxylation sites is 1. The third-order valence-electron chi connectivity index (χ3n) is 4.04. The number of nitrogens with zero attached hydrogens (tertiary/aromatic N) is 1. The molecule has 0 saturated carbocycles. The second kappa shape index (κ2) is 5.89. The second-order valence-corrected chi connectivity index (χ2v) is 5.76. The topological polar surface area (TPSA) is 24.9 Å². The predicted molar refractivity (Wildman–Crippen MR) is 80.7 cm³/mol. The fourth-order valence-corrected chi connectivity index (χ4v) is 3.19. The van der Waals surface area contributed by atoms with Crippen LogP contribution in [0.5, 0.6) is 0 Å². The average molecular weight is 275 g/mol. The highest BCUT2D eigenvalue weighted by atomic mass is 35.5. The highest BCUT2D eigenvalue weighted by Gasteiger charge is 2.14. The molecular weight excluding hydrogens is 256 g/mol. The number of hydrogen-bond acceptors (Lipinski definition) is 2. The van der Waals surface area contributed by atoms with Gasteiger partial charge < -0.3 is 5.32 Å². The van der Waals surface area contributed by atoms with Gasteiger partial charge in [-0.3, -0.25) is 4.98 Å². The molecule has 1 N–H and O–H groups in total. The van der Waals surface area contributed by atoms with Gasteiger partial charge in [0.05, 0.1) is 10.5 Å². The van der Waals surface area contributed by atoms with Gasteiger partial charge in [-0.1, -0.05) is 29.8 Å². The highest BCUT2D eigenvalue weighted by Crippen LogP contribution is 2.27. The minimum Gasteiger partial charge on any atom is -0.316 e. The van der Waals surface area contributed by atoms with Crippen LogP contribution in [0.4, 0.5) is 0 Å². The van der Waals surface area contributed by atoms with Crippen LogP contribution in [0.3, 0.4) is 0 Å². The molecule has 1 fully saturated rings. The van der Waals surface area contributed by atoms with Crippen LogP contribution in [0.1, 0.15) is 24.8 Å². The molecule has 3 rings (SSSR count). The number of pyridine rings is 1. The van der Waals surface area contributed by atoms with Gasteiger partial charge in [0.1, 0.15) is 0 Å². The summed E-state index contributed by atoms with van der Waals surface area (Å²) in [6.07, 6.45) is 6.69. The average Bonchev–Trinajstić information content (AvgIpc) is 2.47. The summed E-state index contributed by atoms with van der Waals surface area (Å²) >= 11 is 6.34. The molecule has 1 aliphatic heterocycles. The molecule has 1 atom stereocenters. The molecule has 0 unspecified atom stereocenters. The Morgan fingerprint density at radius 3 is 3.05 bits per heavy atom. The highest BCUT2D eigenvalue weighted by molar-refractivity contribution is 6.32. The summed E-state index contributed by atoms with van der Waals surface area (Å²) in [5.41, 5.74) is 2.31. The molecule has 1 aromatic heterocycles. The first-order chi connectivity index (χ1) is 9.34. The van der Waals surface area contributed by atoms with Crippen LogP contribution in [-0.2, 0) is 6.42 Å². The molecule has 0 radical (unpaired) electrons. The Bertz CT molecular complexity index is 562. The van der Waals surface area contributed by atoms with E-state index < -0.39 is 0 Å². The molecule has 0 spiro atoms. The zero-order valence-corrected chi connectivity index (χ0v) is 11.8. The molecule has 0 amide bonds. The van der Waals surface area contributed by atoms with Crippen molar-refractivity contribution in [1.29, 1.82) is 0 Å². The monoisotopic (exact) mass is 274 g/mol. The van der Waals surface area contributed by atoms with Gasteiger partial charge in [-0.2, -0.15) is 0 Å². The van der Waals surface area contributed by atoms with Crippen LogP contribution >= 0.6 is 11.6 Å². The molecule has 0 bridgehead atoms. The van der Waals surface area contributed by atoms with Crippen LogP contribution in [0.25, 0.3) is 10.9 Å². The van der Waals surface area contributed by atoms with E-state index in [0.717, 1.165) is 29.4 Å². The Morgan fingerprint density at radius 1 is 1.32 bits per heavy atom. The number of fused-ring (bicyclic) bond motifs is 1. The maximum atomic E-state index is 6.34. The normalized spacial score (nSPS) is 19.7. The van der Waals surface area contributed by atoms with Gasteiger partial charge in [-0.05, 0) is 56.3 Å². The first-order valence-electron chi connectivity index (χ1n) is 7.07. The van der Waals surface area contributed by atoms with E-state index in [1.165, 1.54) is 36.8 Å². The number of nitrogens with one attached hydrogen (secondary N) is 1. The summed E-state index contributed by atoms with van der Waals surface area (Å²) in [5, 5.41) is 5.49. The zero-order chi connectivity index (χ0) is 13.1. The van der Waals surface area contributed by atoms with Crippen molar-refractivity contribution in [2.75, 3.05) is 13.1 Å². The summed E-state index contributed by atoms with van der Waals surface area (Å²) in [7, 11) is 0. The van der Waals surface area contributed by atoms with Gasteiger partial charge in [0.2, 0.25) is 0 Å². The number of aryl methyl sites for hydroxylation is 1. The molecule has 1 aromatic carbocycles. The van der Waals surface area contributed by atoms with E-state index in [-0.39, 0.29) is 0 Å². The smallest absolute Gasteiger partial charge is 0.0705 e. The molecule has 2 aromatic rings. The van der Waals surface area contributed by atoms with E-state index in [2.05, 4.69) is 28.5 Å². The lowest BCUT2D eigenvalue weighted by Crippen LogP contribution is -2.29. The number of benzene rings is 1. The molecule has 100 valence electrons. The minimum atomic E-state index is 0.789. The largest absolute Gasteiger partial charge is 0.316 e. The molecule has 1 saturated heterocycles. The lowest BCUT2D eigenvalue weighted by Gasteiger charge is -2.23. The Balaban J connectivity index is 1.81. The molecule has 2 heterocycles. The summed E-state index contributed by atoms with van der Waals surface area (Å²) in [6.45, 7) is 2.33. The standard InChI is InChI=1S/C16H19ClN2/c17-15-11-19-16-6-2-1-5-14(16)13(15)8-7-12-4-3-9-18-10-12/h1-2,5-6,11-12,18H,3-4,7-10H2/t12-/m1/s1. The SMILES string of the molecule is Clc1cnc2ccccc2c1CC[C@H]1CCCNC1. The zero-order valence-electron chi connectivity index (χ0n) is 11.0. The Kier molecular flexibility index (Phi) is 4.00. The van der Waals surface area contributed by atoms with Gasteiger partial charge >= 0.3 is 0 Å². The molecule has 2 nitrogen and oxygen atoms in total. The molecule has 3 heteroatoms. The van der Waals surface area contributed by atoms with Crippen molar-refractivity contribution in [1.82, 2.24) is 10.3 Å². The van der Waals surface area contributed by atoms with Crippen LogP contribution in [0, 0.1) is 5.92 Å². The van der Waals surface area contributed by atoms with Crippen molar-refractivity contribution in [2.24, 2.45) is 5.92 Å². The van der Waals surface area contributed by atoms with Crippen LogP contribution in [0.15, 0.2) is 30.5 Å². The Morgan fingerprint density at radius 2 is 2.21 bits per heavy atom. The molecule has 19 heavy (non-hydrogen) atoms. The first kappa shape index (κ1) is 12.9. The van der Waals surface area contributed by atoms with Gasteiger partial charge in [-0.25, -0.2) is 0 Å². The quantitative estimate of drug-likeness (QED) is 0.920. The van der Waals surface area contributed by atoms with Crippen molar-refractivity contribution < 1.29 is 0 Å². The summed E-state index contributed by atoms with van der Waals surface area (Å²) < 4.78 is 0. The maximum absolute atomic E-state index is 6.34. The number of halogens is 1. The summed E-state index contributed by atoms with van der Waals surface area (Å²) in [6, 6.07) is 8.27. The minimum absolute atomic E-state index is 0.789. The third kappa shape index (κ3) is 2.90. The van der Waals surface area contributed by atoms with E-state index in [9.17, 15) is 0 Å². The van der Waals surface area contributed by atoms with Crippen molar-refractivity contribution in [3.8, 4) is 0 Å². The van der Waals surface area contributed by atoms with E-state index in [4.69, 9.17) is 11.6 Å². The van der Waals surface area contributed by atoms with Gasteiger partial charge in [-0.15, -0.1) is 0 Å². The van der Waals surface area contributed by atoms with Gasteiger partial charge in [0, 0.05) is 11.6 Å². The van der Waals surface area contributed by atoms with Crippen molar-refractivity contribution in [3.63, 3.8) is 0 Å². The van der Waals surface area contributed by atoms with Crippen LogP contribution < -0.4 is 5.32 Å². The fourth-order valence-electron chi connectivity index (χ4n) is 2.95. The summed E-state index contributed by atoms with van der Waals surface area (Å²) in [4.78, 5) is 4.39. The molecule has 0 aliphatic carbocycles. The first-order valence-corrected chi connectivity index (χ1v) is 7.45. The number of hydrogen-bond donors (Lipinski definition) is 1. The van der Waals surface area contributed by atoms with E-state index in [1.54, 1.807) is 6.20 Å². The lowest BCUT2D eigenvalue weighted by molar-refractivity contribution is 0.358. The van der Waals surface area contributed by atoms with Crippen molar-refractivity contribution >= 4 is 22.5 Å². The number of rotatable bonds is 3. The van der Waals surface area contributed by atoms with E-state index in [0.29, 0.717) is 0 Å². The summed E-state index contributed by atoms with van der Waals surface area (Å²) in [5.74, 6) is 0.789. The van der Waals surface area contributed by atoms with E-state index in [1.807, 2.05) is 6.07 Å². The third-order valence-corrected chi connectivity index (χ3v) is 4.36. The van der Waals surface area contributed by atoms with Crippen molar-refractivity contribution in [2.45, 2.75) is 25.7 Å². The van der Waals surface area contributed by atoms with Crippen LogP contribution in [-0.4, -0.2) is 18.1 Å². The van der Waals surface area contributed by atoms with E-state index >= 15 is 0 Å². The van der Waals surface area contributed by atoms with Gasteiger partial charge in [0.15, 0.2) is 0 Å². The fraction of sp³-hybridized carbons (Fsp3) is 0.438. The Hall–Kier alpha value is -1.12. The molecular formula is C16H19ClN2. The lowest BCUT2D eigenvalue weighted by atomic mass is 9.92. The molecule has 1 aliphatic rings. The number of aromatic nitrogens is 1. The van der Waals surface area contributed by atoms with Gasteiger partial charge in [0.25, 0.3) is 0 Å². The Labute approximate surface area is 119 Å². The number of piperidine rings is 1. The predicted octanol–water partition coefficient (Wildman–Crippen LogP) is 3.82. The maximum Gasteiger partial charge on any atom is 0.0705 e. The second-order valence-electron chi connectivity index (χ2n) is 5.35.